The van der Waals surface area contributed by atoms with Crippen LogP contribution < -0.4 is 4.72 Å². The van der Waals surface area contributed by atoms with Gasteiger partial charge in [-0.3, -0.25) is 0 Å². The van der Waals surface area contributed by atoms with Crippen LogP contribution in [0.2, 0.25) is 0 Å². The minimum absolute atomic E-state index is 0.228. The van der Waals surface area contributed by atoms with Gasteiger partial charge in [-0.05, 0) is 32.0 Å². The molecule has 0 saturated heterocycles. The fourth-order valence-corrected chi connectivity index (χ4v) is 2.21. The van der Waals surface area contributed by atoms with Gasteiger partial charge in [0.15, 0.2) is 11.6 Å². The summed E-state index contributed by atoms with van der Waals surface area (Å²) in [6.45, 7) is 2.61. The molecule has 17 heavy (non-hydrogen) atoms. The molecule has 0 amide bonds. The lowest BCUT2D eigenvalue weighted by Gasteiger charge is -2.17. The number of rotatable bonds is 4. The van der Waals surface area contributed by atoms with Gasteiger partial charge in [-0.25, -0.2) is 21.9 Å². The summed E-state index contributed by atoms with van der Waals surface area (Å²) < 4.78 is 50.9. The molecule has 4 nitrogen and oxygen atoms in total. The van der Waals surface area contributed by atoms with Gasteiger partial charge in [0.25, 0.3) is 0 Å². The zero-order valence-electron chi connectivity index (χ0n) is 9.37. The van der Waals surface area contributed by atoms with E-state index < -0.39 is 27.3 Å². The first-order chi connectivity index (χ1) is 7.62. The summed E-state index contributed by atoms with van der Waals surface area (Å²) in [7, 11) is -3.95. The zero-order chi connectivity index (χ0) is 13.3. The van der Waals surface area contributed by atoms with Crippen molar-refractivity contribution in [3.63, 3.8) is 0 Å². The number of halogens is 2. The van der Waals surface area contributed by atoms with Crippen molar-refractivity contribution in [3.8, 4) is 0 Å². The topological polar surface area (TPSA) is 66.4 Å². The SMILES string of the molecule is CC(C)(O)CNS(=O)(=O)c1ccc(F)c(F)c1. The Kier molecular flexibility index (Phi) is 3.85. The molecule has 0 aromatic heterocycles. The van der Waals surface area contributed by atoms with Gasteiger partial charge >= 0.3 is 0 Å². The maximum atomic E-state index is 12.9. The molecule has 7 heteroatoms. The number of aliphatic hydroxyl groups is 1. The van der Waals surface area contributed by atoms with Gasteiger partial charge < -0.3 is 5.11 Å². The lowest BCUT2D eigenvalue weighted by molar-refractivity contribution is 0.0857. The monoisotopic (exact) mass is 265 g/mol. The van der Waals surface area contributed by atoms with E-state index >= 15 is 0 Å². The summed E-state index contributed by atoms with van der Waals surface area (Å²) in [4.78, 5) is -0.388. The molecule has 0 aliphatic heterocycles. The Morgan fingerprint density at radius 2 is 1.88 bits per heavy atom. The van der Waals surface area contributed by atoms with Crippen LogP contribution in [0.15, 0.2) is 23.1 Å². The van der Waals surface area contributed by atoms with Crippen molar-refractivity contribution in [2.75, 3.05) is 6.54 Å². The minimum Gasteiger partial charge on any atom is -0.389 e. The average Bonchev–Trinajstić information content (AvgIpc) is 2.18. The Hall–Kier alpha value is -1.05. The third-order valence-electron chi connectivity index (χ3n) is 1.90. The molecule has 0 heterocycles. The van der Waals surface area contributed by atoms with E-state index in [1.165, 1.54) is 13.8 Å². The number of hydrogen-bond donors (Lipinski definition) is 2. The van der Waals surface area contributed by atoms with E-state index in [2.05, 4.69) is 4.72 Å². The van der Waals surface area contributed by atoms with Crippen molar-refractivity contribution in [1.29, 1.82) is 0 Å². The Morgan fingerprint density at radius 3 is 2.35 bits per heavy atom. The molecular weight excluding hydrogens is 252 g/mol. The fraction of sp³-hybridized carbons (Fsp3) is 0.400. The second-order valence-corrected chi connectivity index (χ2v) is 5.98. The number of nitrogens with one attached hydrogen (secondary N) is 1. The molecule has 1 aromatic rings. The van der Waals surface area contributed by atoms with Gasteiger partial charge in [0, 0.05) is 6.54 Å². The number of hydrogen-bond acceptors (Lipinski definition) is 3. The molecule has 0 unspecified atom stereocenters. The lowest BCUT2D eigenvalue weighted by atomic mass is 10.1. The smallest absolute Gasteiger partial charge is 0.240 e. The molecular formula is C10H13F2NO3S. The molecule has 0 aliphatic carbocycles. The first kappa shape index (κ1) is 14.0. The molecule has 1 aromatic carbocycles. The van der Waals surface area contributed by atoms with Crippen molar-refractivity contribution in [2.24, 2.45) is 0 Å². The van der Waals surface area contributed by atoms with E-state index in [9.17, 15) is 22.3 Å². The quantitative estimate of drug-likeness (QED) is 0.854. The molecule has 0 bridgehead atoms. The van der Waals surface area contributed by atoms with Crippen molar-refractivity contribution >= 4 is 10.0 Å². The Balaban J connectivity index is 2.94. The summed E-state index contributed by atoms with van der Waals surface area (Å²) >= 11 is 0. The third kappa shape index (κ3) is 4.03. The van der Waals surface area contributed by atoms with E-state index in [0.717, 1.165) is 12.1 Å². The van der Waals surface area contributed by atoms with Crippen LogP contribution in [0, 0.1) is 11.6 Å². The Labute approximate surface area is 98.3 Å². The normalized spacial score (nSPS) is 12.8. The van der Waals surface area contributed by atoms with Crippen LogP contribution in [-0.4, -0.2) is 25.7 Å². The largest absolute Gasteiger partial charge is 0.389 e. The number of sulfonamides is 1. The second-order valence-electron chi connectivity index (χ2n) is 4.21. The highest BCUT2D eigenvalue weighted by Crippen LogP contribution is 2.14. The van der Waals surface area contributed by atoms with Gasteiger partial charge in [-0.15, -0.1) is 0 Å². The Bertz CT molecular complexity index is 509. The van der Waals surface area contributed by atoms with E-state index in [-0.39, 0.29) is 11.4 Å². The molecule has 0 saturated carbocycles. The molecule has 96 valence electrons. The maximum absolute atomic E-state index is 12.9. The van der Waals surface area contributed by atoms with Crippen LogP contribution in [0.5, 0.6) is 0 Å². The summed E-state index contributed by atoms with van der Waals surface area (Å²) in [6.07, 6.45) is 0. The van der Waals surface area contributed by atoms with Gasteiger partial charge in [0.1, 0.15) is 0 Å². The molecule has 0 aliphatic rings. The van der Waals surface area contributed by atoms with Crippen LogP contribution in [-0.2, 0) is 10.0 Å². The minimum atomic E-state index is -3.95. The summed E-state index contributed by atoms with van der Waals surface area (Å²) in [5.74, 6) is -2.36. The predicted molar refractivity (Wildman–Crippen MR) is 57.8 cm³/mol. The maximum Gasteiger partial charge on any atom is 0.240 e. The molecule has 0 radical (unpaired) electrons. The molecule has 2 N–H and O–H groups in total. The van der Waals surface area contributed by atoms with Gasteiger partial charge in [0.2, 0.25) is 10.0 Å². The van der Waals surface area contributed by atoms with Crippen LogP contribution in [0.25, 0.3) is 0 Å². The standard InChI is InChI=1S/C10H13F2NO3S/c1-10(2,14)6-13-17(15,16)7-3-4-8(11)9(12)5-7/h3-5,13-14H,6H2,1-2H3. The zero-order valence-corrected chi connectivity index (χ0v) is 10.2. The second kappa shape index (κ2) is 4.67. The summed E-state index contributed by atoms with van der Waals surface area (Å²) in [5, 5.41) is 9.37. The third-order valence-corrected chi connectivity index (χ3v) is 3.30. The van der Waals surface area contributed by atoms with Gasteiger partial charge in [-0.1, -0.05) is 0 Å². The van der Waals surface area contributed by atoms with Crippen molar-refractivity contribution in [1.82, 2.24) is 4.72 Å². The molecule has 1 rings (SSSR count). The van der Waals surface area contributed by atoms with E-state index in [1.54, 1.807) is 0 Å². The van der Waals surface area contributed by atoms with Crippen LogP contribution >= 0.6 is 0 Å². The van der Waals surface area contributed by atoms with Crippen LogP contribution in [0.3, 0.4) is 0 Å². The van der Waals surface area contributed by atoms with E-state index in [4.69, 9.17) is 0 Å². The average molecular weight is 265 g/mol. The van der Waals surface area contributed by atoms with Crippen LogP contribution in [0.4, 0.5) is 8.78 Å². The van der Waals surface area contributed by atoms with Crippen molar-refractivity contribution < 1.29 is 22.3 Å². The summed E-state index contributed by atoms with van der Waals surface area (Å²) in [6, 6.07) is 2.27. The highest BCUT2D eigenvalue weighted by molar-refractivity contribution is 7.89. The first-order valence-electron chi connectivity index (χ1n) is 4.79. The van der Waals surface area contributed by atoms with Crippen LogP contribution in [0.1, 0.15) is 13.8 Å². The van der Waals surface area contributed by atoms with E-state index in [1.807, 2.05) is 0 Å². The van der Waals surface area contributed by atoms with E-state index in [0.29, 0.717) is 6.07 Å². The van der Waals surface area contributed by atoms with Crippen molar-refractivity contribution in [3.05, 3.63) is 29.8 Å². The molecule has 0 spiro atoms. The number of benzene rings is 1. The summed E-state index contributed by atoms with van der Waals surface area (Å²) in [5.41, 5.74) is -1.23. The fourth-order valence-electron chi connectivity index (χ4n) is 0.999. The predicted octanol–water partition coefficient (Wildman–Crippen LogP) is 1.01. The Morgan fingerprint density at radius 1 is 1.29 bits per heavy atom. The lowest BCUT2D eigenvalue weighted by Crippen LogP contribution is -2.38. The molecule has 0 fully saturated rings. The first-order valence-corrected chi connectivity index (χ1v) is 6.27. The van der Waals surface area contributed by atoms with Crippen molar-refractivity contribution in [2.45, 2.75) is 24.3 Å². The highest BCUT2D eigenvalue weighted by Gasteiger charge is 2.20. The van der Waals surface area contributed by atoms with Gasteiger partial charge in [-0.2, -0.15) is 0 Å². The van der Waals surface area contributed by atoms with Gasteiger partial charge in [0.05, 0.1) is 10.5 Å². The molecule has 0 atom stereocenters. The highest BCUT2D eigenvalue weighted by atomic mass is 32.2.